The molecule has 3 rings (SSSR count). The maximum Gasteiger partial charge on any atom is 0.242 e. The molecule has 10 heteroatoms. The van der Waals surface area contributed by atoms with E-state index in [-0.39, 0.29) is 30.2 Å². The van der Waals surface area contributed by atoms with Crippen LogP contribution in [0.25, 0.3) is 11.4 Å². The lowest BCUT2D eigenvalue weighted by Gasteiger charge is -2.25. The van der Waals surface area contributed by atoms with Crippen LogP contribution in [0.2, 0.25) is 0 Å². The molecule has 1 aromatic heterocycles. The molecule has 10 nitrogen and oxygen atoms in total. The molecule has 1 atom stereocenters. The number of ether oxygens (including phenoxy) is 2. The zero-order valence-electron chi connectivity index (χ0n) is 20.9. The molecule has 190 valence electrons. The predicted octanol–water partition coefficient (Wildman–Crippen LogP) is 1.84. The van der Waals surface area contributed by atoms with Gasteiger partial charge in [0.15, 0.2) is 11.5 Å². The molecule has 0 spiro atoms. The zero-order chi connectivity index (χ0) is 25.4. The number of nitrogens with one attached hydrogen (secondary N) is 2. The van der Waals surface area contributed by atoms with Gasteiger partial charge in [0.25, 0.3) is 0 Å². The van der Waals surface area contributed by atoms with Crippen molar-refractivity contribution in [2.24, 2.45) is 5.92 Å². The van der Waals surface area contributed by atoms with Gasteiger partial charge >= 0.3 is 0 Å². The smallest absolute Gasteiger partial charge is 0.242 e. The molecule has 1 aromatic carbocycles. The van der Waals surface area contributed by atoms with Gasteiger partial charge in [-0.3, -0.25) is 14.4 Å². The maximum absolute atomic E-state index is 12.8. The third-order valence-corrected chi connectivity index (χ3v) is 5.89. The number of amides is 3. The highest BCUT2D eigenvalue weighted by Crippen LogP contribution is 2.32. The van der Waals surface area contributed by atoms with E-state index in [1.807, 2.05) is 42.8 Å². The van der Waals surface area contributed by atoms with Gasteiger partial charge in [-0.1, -0.05) is 13.8 Å². The number of hydrogen-bond acceptors (Lipinski definition) is 6. The molecule has 35 heavy (non-hydrogen) atoms. The maximum atomic E-state index is 12.8. The Labute approximate surface area is 206 Å². The molecular weight excluding hydrogens is 450 g/mol. The summed E-state index contributed by atoms with van der Waals surface area (Å²) in [6.07, 6.45) is 4.84. The zero-order valence-corrected chi connectivity index (χ0v) is 20.9. The normalized spacial score (nSPS) is 18.3. The number of benzene rings is 1. The lowest BCUT2D eigenvalue weighted by Crippen LogP contribution is -2.52. The molecule has 0 aliphatic carbocycles. The molecule has 1 aliphatic heterocycles. The first-order chi connectivity index (χ1) is 16.8. The summed E-state index contributed by atoms with van der Waals surface area (Å²) in [4.78, 5) is 43.5. The van der Waals surface area contributed by atoms with Gasteiger partial charge in [-0.15, -0.1) is 0 Å². The molecular formula is C25H35N5O5. The Morgan fingerprint density at radius 2 is 2.03 bits per heavy atom. The van der Waals surface area contributed by atoms with Crippen molar-refractivity contribution in [3.05, 3.63) is 30.6 Å². The number of fused-ring (bicyclic) bond motifs is 4. The van der Waals surface area contributed by atoms with Crippen molar-refractivity contribution in [1.29, 1.82) is 0 Å². The molecule has 2 aromatic rings. The Morgan fingerprint density at radius 3 is 2.74 bits per heavy atom. The highest BCUT2D eigenvalue weighted by atomic mass is 16.5. The molecule has 0 saturated carbocycles. The van der Waals surface area contributed by atoms with Crippen LogP contribution in [-0.2, 0) is 20.9 Å². The van der Waals surface area contributed by atoms with E-state index in [0.29, 0.717) is 50.6 Å². The van der Waals surface area contributed by atoms with E-state index in [4.69, 9.17) is 9.47 Å². The minimum Gasteiger partial charge on any atom is -0.493 e. The molecule has 3 amide bonds. The summed E-state index contributed by atoms with van der Waals surface area (Å²) in [6.45, 7) is 6.83. The highest BCUT2D eigenvalue weighted by Gasteiger charge is 2.25. The minimum absolute atomic E-state index is 0.103. The number of rotatable bonds is 2. The lowest BCUT2D eigenvalue weighted by atomic mass is 10.0. The molecule has 0 unspecified atom stereocenters. The largest absolute Gasteiger partial charge is 0.493 e. The van der Waals surface area contributed by atoms with Crippen LogP contribution in [0.3, 0.4) is 0 Å². The van der Waals surface area contributed by atoms with Gasteiger partial charge in [0.1, 0.15) is 11.9 Å². The summed E-state index contributed by atoms with van der Waals surface area (Å²) in [5, 5.41) is 5.71. The molecule has 0 radical (unpaired) electrons. The summed E-state index contributed by atoms with van der Waals surface area (Å²) in [5.74, 6) is 1.04. The third-order valence-electron chi connectivity index (χ3n) is 5.89. The second kappa shape index (κ2) is 12.2. The van der Waals surface area contributed by atoms with Crippen molar-refractivity contribution in [2.75, 3.05) is 33.4 Å². The van der Waals surface area contributed by atoms with E-state index in [0.717, 1.165) is 11.4 Å². The van der Waals surface area contributed by atoms with Crippen molar-refractivity contribution in [3.8, 4) is 22.9 Å². The van der Waals surface area contributed by atoms with Crippen LogP contribution < -0.4 is 20.1 Å². The SMILES string of the molecule is COc1ccc2cc1OCCCN(C(C)=O)CC(=O)N[C@H](C(C)C)C(=O)NCCCn1ccnc1-2. The van der Waals surface area contributed by atoms with Gasteiger partial charge in [0.2, 0.25) is 17.7 Å². The molecule has 1 aliphatic rings. The van der Waals surface area contributed by atoms with Crippen LogP contribution >= 0.6 is 0 Å². The summed E-state index contributed by atoms with van der Waals surface area (Å²) >= 11 is 0. The van der Waals surface area contributed by atoms with E-state index in [9.17, 15) is 14.4 Å². The average Bonchev–Trinajstić information content (AvgIpc) is 3.29. The lowest BCUT2D eigenvalue weighted by molar-refractivity contribution is -0.136. The fourth-order valence-electron chi connectivity index (χ4n) is 3.96. The molecule has 0 saturated heterocycles. The second-order valence-electron chi connectivity index (χ2n) is 8.89. The van der Waals surface area contributed by atoms with Crippen molar-refractivity contribution < 1.29 is 23.9 Å². The molecule has 2 N–H and O–H groups in total. The van der Waals surface area contributed by atoms with Crippen LogP contribution in [0.5, 0.6) is 11.5 Å². The Kier molecular flexibility index (Phi) is 9.11. The van der Waals surface area contributed by atoms with Crippen LogP contribution in [-0.4, -0.2) is 71.6 Å². The number of aromatic nitrogens is 2. The van der Waals surface area contributed by atoms with E-state index >= 15 is 0 Å². The number of carbonyl (C=O) groups is 3. The van der Waals surface area contributed by atoms with Gasteiger partial charge < -0.3 is 29.6 Å². The number of carbonyl (C=O) groups excluding carboxylic acids is 3. The first-order valence-corrected chi connectivity index (χ1v) is 11.9. The standard InChI is InChI=1S/C25H35N5O5/c1-17(2)23-25(33)27-9-5-11-29-13-10-26-24(29)19-7-8-20(34-4)21(15-19)35-14-6-12-30(18(3)31)16-22(32)28-23/h7-8,10,13,15,17,23H,5-6,9,11-12,14,16H2,1-4H3,(H,27,33)(H,28,32)/t23-/m1/s1. The van der Waals surface area contributed by atoms with Gasteiger partial charge in [-0.05, 0) is 37.0 Å². The average molecular weight is 486 g/mol. The molecule has 2 bridgehead atoms. The first kappa shape index (κ1) is 26.1. The summed E-state index contributed by atoms with van der Waals surface area (Å²) in [5.41, 5.74) is 0.882. The number of methoxy groups -OCH3 is 1. The highest BCUT2D eigenvalue weighted by molar-refractivity contribution is 5.90. The Morgan fingerprint density at radius 1 is 1.23 bits per heavy atom. The van der Waals surface area contributed by atoms with Crippen LogP contribution in [0.4, 0.5) is 0 Å². The fourth-order valence-corrected chi connectivity index (χ4v) is 3.96. The van der Waals surface area contributed by atoms with Crippen molar-refractivity contribution >= 4 is 17.7 Å². The van der Waals surface area contributed by atoms with Gasteiger partial charge in [0, 0.05) is 44.5 Å². The van der Waals surface area contributed by atoms with Gasteiger partial charge in [-0.2, -0.15) is 0 Å². The summed E-state index contributed by atoms with van der Waals surface area (Å²) in [7, 11) is 1.58. The van der Waals surface area contributed by atoms with Crippen LogP contribution in [0, 0.1) is 5.92 Å². The van der Waals surface area contributed by atoms with Crippen molar-refractivity contribution in [1.82, 2.24) is 25.1 Å². The number of imidazole rings is 1. The quantitative estimate of drug-likeness (QED) is 0.671. The number of aryl methyl sites for hydroxylation is 1. The summed E-state index contributed by atoms with van der Waals surface area (Å²) in [6, 6.07) is 4.97. The topological polar surface area (TPSA) is 115 Å². The van der Waals surface area contributed by atoms with E-state index in [2.05, 4.69) is 15.6 Å². The van der Waals surface area contributed by atoms with Crippen molar-refractivity contribution in [2.45, 2.75) is 46.2 Å². The monoisotopic (exact) mass is 485 g/mol. The minimum atomic E-state index is -0.681. The van der Waals surface area contributed by atoms with E-state index in [1.165, 1.54) is 11.8 Å². The Balaban J connectivity index is 1.85. The molecule has 2 heterocycles. The first-order valence-electron chi connectivity index (χ1n) is 11.9. The van der Waals surface area contributed by atoms with E-state index < -0.39 is 6.04 Å². The summed E-state index contributed by atoms with van der Waals surface area (Å²) < 4.78 is 13.5. The number of hydrogen-bond donors (Lipinski definition) is 2. The Bertz CT molecular complexity index is 1040. The van der Waals surface area contributed by atoms with Gasteiger partial charge in [0.05, 0.1) is 20.3 Å². The predicted molar refractivity (Wildman–Crippen MR) is 131 cm³/mol. The van der Waals surface area contributed by atoms with Crippen LogP contribution in [0.1, 0.15) is 33.6 Å². The van der Waals surface area contributed by atoms with Crippen LogP contribution in [0.15, 0.2) is 30.6 Å². The second-order valence-corrected chi connectivity index (χ2v) is 8.89. The Hall–Kier alpha value is -3.56. The van der Waals surface area contributed by atoms with Crippen molar-refractivity contribution in [3.63, 3.8) is 0 Å². The third kappa shape index (κ3) is 6.97. The fraction of sp³-hybridized carbons (Fsp3) is 0.520. The molecule has 0 fully saturated rings. The number of nitrogens with zero attached hydrogens (tertiary/aromatic N) is 3. The van der Waals surface area contributed by atoms with Gasteiger partial charge in [-0.25, -0.2) is 4.98 Å². The van der Waals surface area contributed by atoms with E-state index in [1.54, 1.807) is 13.3 Å².